The number of pyridine rings is 1. The molecule has 7 nitrogen and oxygen atoms in total. The molecule has 0 spiro atoms. The van der Waals surface area contributed by atoms with Crippen molar-refractivity contribution in [2.75, 3.05) is 4.90 Å². The van der Waals surface area contributed by atoms with E-state index in [2.05, 4.69) is 15.8 Å². The molecule has 0 radical (unpaired) electrons. The normalized spacial score (nSPS) is 17.2. The van der Waals surface area contributed by atoms with Crippen molar-refractivity contribution in [2.24, 2.45) is 0 Å². The lowest BCUT2D eigenvalue weighted by atomic mass is 10.2. The van der Waals surface area contributed by atoms with Crippen molar-refractivity contribution < 1.29 is 14.4 Å². The summed E-state index contributed by atoms with van der Waals surface area (Å²) >= 11 is 5.81. The van der Waals surface area contributed by atoms with Crippen LogP contribution in [0.3, 0.4) is 0 Å². The minimum Gasteiger partial charge on any atom is -0.287 e. The molecule has 1 saturated heterocycles. The van der Waals surface area contributed by atoms with Gasteiger partial charge >= 0.3 is 0 Å². The molecule has 2 N–H and O–H groups in total. The SMILES string of the molecule is O=C(NN[C@@H]1CC(=O)N(c2ccc(Cl)cc2)C1=O)c1cccnc1. The number of rotatable bonds is 4. The Hall–Kier alpha value is -2.77. The van der Waals surface area contributed by atoms with Crippen LogP contribution in [-0.4, -0.2) is 28.7 Å². The number of hydrogen-bond donors (Lipinski definition) is 2. The smallest absolute Gasteiger partial charge is 0.266 e. The average molecular weight is 345 g/mol. The van der Waals surface area contributed by atoms with Crippen LogP contribution in [0.25, 0.3) is 0 Å². The van der Waals surface area contributed by atoms with Crippen molar-refractivity contribution in [1.82, 2.24) is 15.8 Å². The molecule has 1 aliphatic heterocycles. The third kappa shape index (κ3) is 3.27. The summed E-state index contributed by atoms with van der Waals surface area (Å²) in [5.41, 5.74) is 5.81. The highest BCUT2D eigenvalue weighted by atomic mass is 35.5. The summed E-state index contributed by atoms with van der Waals surface area (Å²) in [4.78, 5) is 41.4. The molecule has 1 aromatic carbocycles. The summed E-state index contributed by atoms with van der Waals surface area (Å²) in [7, 11) is 0. The molecule has 3 amide bonds. The van der Waals surface area contributed by atoms with E-state index in [9.17, 15) is 14.4 Å². The van der Waals surface area contributed by atoms with Crippen molar-refractivity contribution in [3.05, 3.63) is 59.4 Å². The van der Waals surface area contributed by atoms with Crippen LogP contribution in [0.1, 0.15) is 16.8 Å². The lowest BCUT2D eigenvalue weighted by molar-refractivity contribution is -0.121. The number of amides is 3. The number of halogens is 1. The standard InChI is InChI=1S/C16H13ClN4O3/c17-11-3-5-12(6-4-11)21-14(22)8-13(16(21)24)19-20-15(23)10-2-1-7-18-9-10/h1-7,9,13,19H,8H2,(H,20,23)/t13-/m1/s1. The first-order valence-electron chi connectivity index (χ1n) is 7.14. The molecule has 0 unspecified atom stereocenters. The van der Waals surface area contributed by atoms with Crippen LogP contribution in [-0.2, 0) is 9.59 Å². The minimum atomic E-state index is -0.825. The van der Waals surface area contributed by atoms with E-state index in [1.54, 1.807) is 42.6 Å². The zero-order valence-electron chi connectivity index (χ0n) is 12.4. The summed E-state index contributed by atoms with van der Waals surface area (Å²) in [5.74, 6) is -1.22. The Morgan fingerprint density at radius 1 is 1.21 bits per heavy atom. The fourth-order valence-electron chi connectivity index (χ4n) is 2.33. The molecule has 3 rings (SSSR count). The van der Waals surface area contributed by atoms with Crippen molar-refractivity contribution in [3.63, 3.8) is 0 Å². The van der Waals surface area contributed by atoms with Gasteiger partial charge in [-0.25, -0.2) is 10.3 Å². The van der Waals surface area contributed by atoms with Gasteiger partial charge in [-0.2, -0.15) is 0 Å². The van der Waals surface area contributed by atoms with Crippen molar-refractivity contribution in [1.29, 1.82) is 0 Å². The number of aromatic nitrogens is 1. The van der Waals surface area contributed by atoms with Crippen LogP contribution < -0.4 is 15.8 Å². The first kappa shape index (κ1) is 16.1. The second-order valence-corrected chi connectivity index (χ2v) is 5.58. The molecule has 0 bridgehead atoms. The maximum atomic E-state index is 12.4. The van der Waals surface area contributed by atoms with Gasteiger partial charge in [0, 0.05) is 17.4 Å². The molecule has 122 valence electrons. The first-order valence-corrected chi connectivity index (χ1v) is 7.52. The summed E-state index contributed by atoms with van der Waals surface area (Å²) < 4.78 is 0. The molecule has 0 aliphatic carbocycles. The van der Waals surface area contributed by atoms with Gasteiger partial charge < -0.3 is 0 Å². The summed E-state index contributed by atoms with van der Waals surface area (Å²) in [6.45, 7) is 0. The molecule has 2 aromatic rings. The van der Waals surface area contributed by atoms with E-state index < -0.39 is 17.9 Å². The highest BCUT2D eigenvalue weighted by molar-refractivity contribution is 6.30. The zero-order chi connectivity index (χ0) is 17.1. The Morgan fingerprint density at radius 3 is 2.62 bits per heavy atom. The lowest BCUT2D eigenvalue weighted by Gasteiger charge is -2.16. The van der Waals surface area contributed by atoms with Gasteiger partial charge in [-0.15, -0.1) is 0 Å². The predicted octanol–water partition coefficient (Wildman–Crippen LogP) is 1.30. The lowest BCUT2D eigenvalue weighted by Crippen LogP contribution is -2.48. The third-order valence-electron chi connectivity index (χ3n) is 3.52. The van der Waals surface area contributed by atoms with Crippen LogP contribution in [0.4, 0.5) is 5.69 Å². The molecule has 1 atom stereocenters. The Labute approximate surface area is 142 Å². The molecule has 24 heavy (non-hydrogen) atoms. The Bertz CT molecular complexity index is 780. The first-order chi connectivity index (χ1) is 11.6. The Balaban J connectivity index is 1.66. The van der Waals surface area contributed by atoms with E-state index in [4.69, 9.17) is 11.6 Å². The highest BCUT2D eigenvalue weighted by Crippen LogP contribution is 2.24. The monoisotopic (exact) mass is 344 g/mol. The number of carbonyl (C=O) groups is 3. The maximum absolute atomic E-state index is 12.4. The Kier molecular flexibility index (Phi) is 4.54. The number of benzene rings is 1. The van der Waals surface area contributed by atoms with Crippen LogP contribution in [0.5, 0.6) is 0 Å². The predicted molar refractivity (Wildman–Crippen MR) is 87.2 cm³/mol. The molecule has 0 saturated carbocycles. The van der Waals surface area contributed by atoms with Crippen LogP contribution in [0, 0.1) is 0 Å². The van der Waals surface area contributed by atoms with Crippen LogP contribution in [0.2, 0.25) is 5.02 Å². The molecule has 8 heteroatoms. The van der Waals surface area contributed by atoms with Gasteiger partial charge in [0.25, 0.3) is 11.8 Å². The number of hydrazine groups is 1. The van der Waals surface area contributed by atoms with Gasteiger partial charge in [-0.1, -0.05) is 11.6 Å². The molecule has 2 heterocycles. The third-order valence-corrected chi connectivity index (χ3v) is 3.77. The number of anilines is 1. The minimum absolute atomic E-state index is 0.0468. The number of nitrogens with one attached hydrogen (secondary N) is 2. The maximum Gasteiger partial charge on any atom is 0.266 e. The van der Waals surface area contributed by atoms with E-state index in [0.717, 1.165) is 4.90 Å². The molecule has 1 fully saturated rings. The summed E-state index contributed by atoms with van der Waals surface area (Å²) in [5, 5.41) is 0.510. The average Bonchev–Trinajstić information content (AvgIpc) is 2.88. The fraction of sp³-hybridized carbons (Fsp3) is 0.125. The summed E-state index contributed by atoms with van der Waals surface area (Å²) in [6, 6.07) is 8.77. The van der Waals surface area contributed by atoms with E-state index in [0.29, 0.717) is 16.3 Å². The van der Waals surface area contributed by atoms with Crippen molar-refractivity contribution >= 4 is 35.0 Å². The largest absolute Gasteiger partial charge is 0.287 e. The van der Waals surface area contributed by atoms with Crippen molar-refractivity contribution in [2.45, 2.75) is 12.5 Å². The van der Waals surface area contributed by atoms with E-state index in [1.165, 1.54) is 6.20 Å². The quantitative estimate of drug-likeness (QED) is 0.644. The van der Waals surface area contributed by atoms with Crippen LogP contribution >= 0.6 is 11.6 Å². The zero-order valence-corrected chi connectivity index (χ0v) is 13.2. The van der Waals surface area contributed by atoms with E-state index in [1.807, 2.05) is 0 Å². The van der Waals surface area contributed by atoms with Gasteiger partial charge in [0.15, 0.2) is 0 Å². The van der Waals surface area contributed by atoms with Crippen LogP contribution in [0.15, 0.2) is 48.8 Å². The van der Waals surface area contributed by atoms with Gasteiger partial charge in [-0.05, 0) is 36.4 Å². The number of hydrogen-bond acceptors (Lipinski definition) is 5. The van der Waals surface area contributed by atoms with Gasteiger partial charge in [0.05, 0.1) is 17.7 Å². The topological polar surface area (TPSA) is 91.4 Å². The highest BCUT2D eigenvalue weighted by Gasteiger charge is 2.39. The summed E-state index contributed by atoms with van der Waals surface area (Å²) in [6.07, 6.45) is 2.90. The fourth-order valence-corrected chi connectivity index (χ4v) is 2.45. The Morgan fingerprint density at radius 2 is 1.96 bits per heavy atom. The van der Waals surface area contributed by atoms with E-state index >= 15 is 0 Å². The molecular formula is C16H13ClN4O3. The van der Waals surface area contributed by atoms with Gasteiger partial charge in [-0.3, -0.25) is 24.8 Å². The number of imide groups is 1. The molecule has 1 aromatic heterocycles. The second-order valence-electron chi connectivity index (χ2n) is 5.14. The van der Waals surface area contributed by atoms with Crippen molar-refractivity contribution in [3.8, 4) is 0 Å². The number of nitrogens with zero attached hydrogens (tertiary/aromatic N) is 2. The second kappa shape index (κ2) is 6.77. The number of carbonyl (C=O) groups excluding carboxylic acids is 3. The molecule has 1 aliphatic rings. The van der Waals surface area contributed by atoms with Gasteiger partial charge in [0.1, 0.15) is 6.04 Å². The van der Waals surface area contributed by atoms with Gasteiger partial charge in [0.2, 0.25) is 5.91 Å². The van der Waals surface area contributed by atoms with E-state index in [-0.39, 0.29) is 12.3 Å². The molecular weight excluding hydrogens is 332 g/mol.